The van der Waals surface area contributed by atoms with E-state index < -0.39 is 11.9 Å². The van der Waals surface area contributed by atoms with Gasteiger partial charge in [0.15, 0.2) is 0 Å². The van der Waals surface area contributed by atoms with Crippen molar-refractivity contribution in [3.05, 3.63) is 123 Å². The topological polar surface area (TPSA) is 86.2 Å². The Morgan fingerprint density at radius 2 is 1.67 bits per heavy atom. The second-order valence-corrected chi connectivity index (χ2v) is 9.49. The summed E-state index contributed by atoms with van der Waals surface area (Å²) in [7, 11) is 0. The molecule has 0 aliphatic carbocycles. The number of nitrogens with one attached hydrogen (secondary N) is 1. The Morgan fingerprint density at radius 3 is 2.41 bits per heavy atom. The van der Waals surface area contributed by atoms with Crippen LogP contribution in [0.4, 0.5) is 0 Å². The first-order chi connectivity index (χ1) is 18.9. The molecular formula is C30H24BrClN2O5. The minimum Gasteiger partial charge on any atom is -0.494 e. The summed E-state index contributed by atoms with van der Waals surface area (Å²) >= 11 is 9.35. The molecule has 198 valence electrons. The molecule has 4 rings (SSSR count). The van der Waals surface area contributed by atoms with E-state index in [1.807, 2.05) is 19.1 Å². The number of hydrogen-bond donors (Lipinski definition) is 1. The van der Waals surface area contributed by atoms with Crippen LogP contribution < -0.4 is 19.6 Å². The number of hydrogen-bond acceptors (Lipinski definition) is 6. The Labute approximate surface area is 239 Å². The number of halogens is 2. The molecule has 1 amide bonds. The fourth-order valence-corrected chi connectivity index (χ4v) is 3.97. The molecular weight excluding hydrogens is 584 g/mol. The molecule has 0 atom stereocenters. The van der Waals surface area contributed by atoms with Crippen molar-refractivity contribution in [2.75, 3.05) is 6.61 Å². The second kappa shape index (κ2) is 13.6. The van der Waals surface area contributed by atoms with Crippen molar-refractivity contribution in [3.63, 3.8) is 0 Å². The number of amides is 1. The normalized spacial score (nSPS) is 10.7. The van der Waals surface area contributed by atoms with Crippen molar-refractivity contribution >= 4 is 45.6 Å². The molecule has 0 spiro atoms. The summed E-state index contributed by atoms with van der Waals surface area (Å²) in [6, 6.07) is 25.9. The molecule has 0 saturated heterocycles. The van der Waals surface area contributed by atoms with E-state index >= 15 is 0 Å². The minimum atomic E-state index is -0.536. The zero-order valence-electron chi connectivity index (χ0n) is 20.9. The molecule has 0 radical (unpaired) electrons. The number of rotatable bonds is 10. The highest BCUT2D eigenvalue weighted by molar-refractivity contribution is 9.10. The molecule has 4 aromatic rings. The highest BCUT2D eigenvalue weighted by Crippen LogP contribution is 2.24. The van der Waals surface area contributed by atoms with Crippen LogP contribution in [0.5, 0.6) is 17.2 Å². The summed E-state index contributed by atoms with van der Waals surface area (Å²) in [4.78, 5) is 25.6. The van der Waals surface area contributed by atoms with Gasteiger partial charge in [0, 0.05) is 15.1 Å². The first-order valence-electron chi connectivity index (χ1n) is 12.0. The van der Waals surface area contributed by atoms with Crippen molar-refractivity contribution in [2.24, 2.45) is 5.10 Å². The van der Waals surface area contributed by atoms with Crippen molar-refractivity contribution < 1.29 is 23.8 Å². The van der Waals surface area contributed by atoms with Crippen molar-refractivity contribution in [3.8, 4) is 17.2 Å². The van der Waals surface area contributed by atoms with E-state index in [-0.39, 0.29) is 12.4 Å². The Hall–Kier alpha value is -4.14. The van der Waals surface area contributed by atoms with Gasteiger partial charge in [0.2, 0.25) is 0 Å². The zero-order chi connectivity index (χ0) is 27.6. The van der Waals surface area contributed by atoms with Gasteiger partial charge in [-0.1, -0.05) is 51.8 Å². The molecule has 0 fully saturated rings. The van der Waals surface area contributed by atoms with Gasteiger partial charge in [-0.05, 0) is 79.2 Å². The van der Waals surface area contributed by atoms with Gasteiger partial charge in [0.25, 0.3) is 5.91 Å². The van der Waals surface area contributed by atoms with Crippen LogP contribution in [0.2, 0.25) is 5.02 Å². The van der Waals surface area contributed by atoms with E-state index in [9.17, 15) is 9.59 Å². The molecule has 0 aromatic heterocycles. The number of ether oxygens (including phenoxy) is 3. The lowest BCUT2D eigenvalue weighted by atomic mass is 10.2. The molecule has 4 aromatic carbocycles. The standard InChI is InChI=1S/C30H24BrClN2O5/c1-2-37-25-14-9-21(10-15-25)30(36)39-27-16-11-23(31)17-22(27)18-33-34-29(35)26-5-3-4-6-28(26)38-19-20-7-12-24(32)13-8-20/h3-18H,2,19H2,1H3,(H,34,35)/b33-18+. The molecule has 7 nitrogen and oxygen atoms in total. The maximum absolute atomic E-state index is 12.9. The number of carbonyl (C=O) groups is 2. The van der Waals surface area contributed by atoms with Crippen molar-refractivity contribution in [1.29, 1.82) is 0 Å². The van der Waals surface area contributed by atoms with E-state index in [1.165, 1.54) is 6.21 Å². The van der Waals surface area contributed by atoms with Gasteiger partial charge in [-0.15, -0.1) is 0 Å². The molecule has 0 aliphatic rings. The number of benzene rings is 4. The largest absolute Gasteiger partial charge is 0.494 e. The summed E-state index contributed by atoms with van der Waals surface area (Å²) in [5, 5.41) is 4.71. The Bertz CT molecular complexity index is 1470. The number of carbonyl (C=O) groups excluding carboxylic acids is 2. The maximum atomic E-state index is 12.9. The van der Waals surface area contributed by atoms with E-state index in [0.717, 1.165) is 10.0 Å². The van der Waals surface area contributed by atoms with Gasteiger partial charge in [0.1, 0.15) is 23.9 Å². The van der Waals surface area contributed by atoms with Crippen molar-refractivity contribution in [2.45, 2.75) is 13.5 Å². The Balaban J connectivity index is 1.42. The maximum Gasteiger partial charge on any atom is 0.343 e. The summed E-state index contributed by atoms with van der Waals surface area (Å²) in [5.74, 6) is 0.360. The predicted octanol–water partition coefficient (Wildman–Crippen LogP) is 7.06. The van der Waals surface area contributed by atoms with E-state index in [1.54, 1.807) is 78.9 Å². The lowest BCUT2D eigenvalue weighted by Crippen LogP contribution is -2.19. The fourth-order valence-electron chi connectivity index (χ4n) is 3.47. The van der Waals surface area contributed by atoms with E-state index in [4.69, 9.17) is 25.8 Å². The summed E-state index contributed by atoms with van der Waals surface area (Å²) in [6.07, 6.45) is 1.40. The van der Waals surface area contributed by atoms with Gasteiger partial charge in [-0.2, -0.15) is 5.10 Å². The van der Waals surface area contributed by atoms with Gasteiger partial charge in [-0.3, -0.25) is 4.79 Å². The molecule has 0 aliphatic heterocycles. The first-order valence-corrected chi connectivity index (χ1v) is 13.1. The SMILES string of the molecule is CCOc1ccc(C(=O)Oc2ccc(Br)cc2/C=N/NC(=O)c2ccccc2OCc2ccc(Cl)cc2)cc1. The predicted molar refractivity (Wildman–Crippen MR) is 154 cm³/mol. The molecule has 0 unspecified atom stereocenters. The molecule has 39 heavy (non-hydrogen) atoms. The highest BCUT2D eigenvalue weighted by Gasteiger charge is 2.14. The minimum absolute atomic E-state index is 0.270. The van der Waals surface area contributed by atoms with Crippen LogP contribution in [-0.4, -0.2) is 24.7 Å². The summed E-state index contributed by atoms with van der Waals surface area (Å²) < 4.78 is 17.6. The Morgan fingerprint density at radius 1 is 0.923 bits per heavy atom. The van der Waals surface area contributed by atoms with Crippen LogP contribution in [-0.2, 0) is 6.61 Å². The monoisotopic (exact) mass is 606 g/mol. The number of para-hydroxylation sites is 1. The highest BCUT2D eigenvalue weighted by atomic mass is 79.9. The van der Waals surface area contributed by atoms with Gasteiger partial charge in [0.05, 0.1) is 23.9 Å². The summed E-state index contributed by atoms with van der Waals surface area (Å²) in [6.45, 7) is 2.69. The first kappa shape index (κ1) is 27.9. The second-order valence-electron chi connectivity index (χ2n) is 8.14. The van der Waals surface area contributed by atoms with E-state index in [0.29, 0.717) is 39.8 Å². The Kier molecular flexibility index (Phi) is 9.72. The number of hydrazone groups is 1. The smallest absolute Gasteiger partial charge is 0.343 e. The third-order valence-electron chi connectivity index (χ3n) is 5.38. The van der Waals surface area contributed by atoms with E-state index in [2.05, 4.69) is 26.5 Å². The third-order valence-corrected chi connectivity index (χ3v) is 6.13. The molecule has 0 saturated carbocycles. The van der Waals surface area contributed by atoms with Crippen LogP contribution in [0, 0.1) is 0 Å². The van der Waals surface area contributed by atoms with Gasteiger partial charge in [-0.25, -0.2) is 10.2 Å². The average molecular weight is 608 g/mol. The third kappa shape index (κ3) is 7.92. The van der Waals surface area contributed by atoms with Gasteiger partial charge >= 0.3 is 5.97 Å². The molecule has 0 bridgehead atoms. The number of nitrogens with zero attached hydrogens (tertiary/aromatic N) is 1. The van der Waals surface area contributed by atoms with Crippen LogP contribution in [0.1, 0.15) is 38.8 Å². The molecule has 9 heteroatoms. The van der Waals surface area contributed by atoms with Crippen LogP contribution in [0.15, 0.2) is 101 Å². The van der Waals surface area contributed by atoms with Crippen LogP contribution in [0.3, 0.4) is 0 Å². The summed E-state index contributed by atoms with van der Waals surface area (Å²) in [5.41, 5.74) is 4.59. The van der Waals surface area contributed by atoms with Crippen molar-refractivity contribution in [1.82, 2.24) is 5.43 Å². The average Bonchev–Trinajstić information content (AvgIpc) is 2.95. The van der Waals surface area contributed by atoms with Crippen LogP contribution >= 0.6 is 27.5 Å². The lowest BCUT2D eigenvalue weighted by molar-refractivity contribution is 0.0734. The van der Waals surface area contributed by atoms with Crippen LogP contribution in [0.25, 0.3) is 0 Å². The lowest BCUT2D eigenvalue weighted by Gasteiger charge is -2.11. The zero-order valence-corrected chi connectivity index (χ0v) is 23.2. The van der Waals surface area contributed by atoms with Gasteiger partial charge < -0.3 is 14.2 Å². The molecule has 0 heterocycles. The molecule has 1 N–H and O–H groups in total. The quantitative estimate of drug-likeness (QED) is 0.0903. The number of esters is 1. The fraction of sp³-hybridized carbons (Fsp3) is 0.100.